The first kappa shape index (κ1) is 18.9. The predicted octanol–water partition coefficient (Wildman–Crippen LogP) is 3.10. The molecule has 27 heavy (non-hydrogen) atoms. The molecule has 0 saturated heterocycles. The summed E-state index contributed by atoms with van der Waals surface area (Å²) in [6.45, 7) is 8.83. The number of fused-ring (bicyclic) bond motifs is 1. The number of nitrogens with zero attached hydrogens (tertiary/aromatic N) is 5. The molecule has 0 saturated carbocycles. The van der Waals surface area contributed by atoms with Crippen molar-refractivity contribution in [2.75, 3.05) is 13.6 Å². The maximum atomic E-state index is 12.4. The summed E-state index contributed by atoms with van der Waals surface area (Å²) in [5, 5.41) is 13.1. The Bertz CT molecular complexity index is 926. The van der Waals surface area contributed by atoms with E-state index >= 15 is 0 Å². The number of carbonyl (C=O) groups is 1. The standard InChI is InChI=1S/C20H28N6O/c1-5-25-19-10-7-6-9-17(19)18(23-25)14-21-20(27)24(4)11-8-12-26-16(3)13-15(2)22-26/h6-7,9-10,13H,5,8,11-12,14H2,1-4H3,(H,21,27). The maximum absolute atomic E-state index is 12.4. The molecule has 7 heteroatoms. The van der Waals surface area contributed by atoms with Crippen molar-refractivity contribution >= 4 is 16.9 Å². The Labute approximate surface area is 160 Å². The zero-order valence-electron chi connectivity index (χ0n) is 16.6. The molecule has 0 unspecified atom stereocenters. The van der Waals surface area contributed by atoms with Crippen molar-refractivity contribution in [1.29, 1.82) is 0 Å². The summed E-state index contributed by atoms with van der Waals surface area (Å²) in [5.74, 6) is 0. The molecule has 0 fully saturated rings. The maximum Gasteiger partial charge on any atom is 0.317 e. The predicted molar refractivity (Wildman–Crippen MR) is 107 cm³/mol. The number of carbonyl (C=O) groups excluding carboxylic acids is 1. The molecule has 0 aliphatic carbocycles. The number of amides is 2. The lowest BCUT2D eigenvalue weighted by atomic mass is 10.2. The first-order valence-electron chi connectivity index (χ1n) is 9.44. The summed E-state index contributed by atoms with van der Waals surface area (Å²) < 4.78 is 3.96. The molecule has 0 bridgehead atoms. The fourth-order valence-corrected chi connectivity index (χ4v) is 3.32. The number of aryl methyl sites for hydroxylation is 4. The molecule has 1 aromatic carbocycles. The van der Waals surface area contributed by atoms with Gasteiger partial charge in [-0.1, -0.05) is 18.2 Å². The molecule has 0 atom stereocenters. The van der Waals surface area contributed by atoms with Crippen molar-refractivity contribution < 1.29 is 4.79 Å². The molecule has 2 aromatic heterocycles. The van der Waals surface area contributed by atoms with Gasteiger partial charge in [0.2, 0.25) is 0 Å². The summed E-state index contributed by atoms with van der Waals surface area (Å²) in [7, 11) is 1.82. The van der Waals surface area contributed by atoms with Crippen LogP contribution in [0.3, 0.4) is 0 Å². The van der Waals surface area contributed by atoms with Gasteiger partial charge in [-0.25, -0.2) is 4.79 Å². The van der Waals surface area contributed by atoms with E-state index < -0.39 is 0 Å². The second kappa shape index (κ2) is 8.24. The fraction of sp³-hybridized carbons (Fsp3) is 0.450. The zero-order valence-corrected chi connectivity index (χ0v) is 16.6. The lowest BCUT2D eigenvalue weighted by Crippen LogP contribution is -2.37. The van der Waals surface area contributed by atoms with Gasteiger partial charge in [0.1, 0.15) is 0 Å². The van der Waals surface area contributed by atoms with Gasteiger partial charge in [-0.15, -0.1) is 0 Å². The zero-order chi connectivity index (χ0) is 19.4. The number of hydrogen-bond acceptors (Lipinski definition) is 3. The minimum Gasteiger partial charge on any atom is -0.332 e. The van der Waals surface area contributed by atoms with Crippen LogP contribution in [-0.2, 0) is 19.6 Å². The van der Waals surface area contributed by atoms with Crippen LogP contribution in [0.4, 0.5) is 4.79 Å². The van der Waals surface area contributed by atoms with E-state index in [-0.39, 0.29) is 6.03 Å². The third-order valence-corrected chi connectivity index (χ3v) is 4.75. The smallest absolute Gasteiger partial charge is 0.317 e. The lowest BCUT2D eigenvalue weighted by molar-refractivity contribution is 0.206. The summed E-state index contributed by atoms with van der Waals surface area (Å²) in [5.41, 5.74) is 4.18. The molecule has 0 aliphatic rings. The molecule has 1 N–H and O–H groups in total. The first-order valence-corrected chi connectivity index (χ1v) is 9.44. The van der Waals surface area contributed by atoms with Crippen molar-refractivity contribution in [3.05, 3.63) is 47.4 Å². The summed E-state index contributed by atoms with van der Waals surface area (Å²) in [6, 6.07) is 10.1. The normalized spacial score (nSPS) is 11.1. The van der Waals surface area contributed by atoms with Gasteiger partial charge in [0.15, 0.2) is 0 Å². The minimum atomic E-state index is -0.0847. The van der Waals surface area contributed by atoms with Gasteiger partial charge in [0.05, 0.1) is 23.4 Å². The van der Waals surface area contributed by atoms with Crippen molar-refractivity contribution in [3.8, 4) is 0 Å². The van der Waals surface area contributed by atoms with E-state index in [4.69, 9.17) is 0 Å². The van der Waals surface area contributed by atoms with Crippen LogP contribution in [0.2, 0.25) is 0 Å². The van der Waals surface area contributed by atoms with Gasteiger partial charge < -0.3 is 10.2 Å². The van der Waals surface area contributed by atoms with Crippen LogP contribution < -0.4 is 5.32 Å². The van der Waals surface area contributed by atoms with Crippen LogP contribution >= 0.6 is 0 Å². The summed E-state index contributed by atoms with van der Waals surface area (Å²) in [4.78, 5) is 14.1. The molecule has 0 aliphatic heterocycles. The third-order valence-electron chi connectivity index (χ3n) is 4.75. The number of aromatic nitrogens is 4. The Hall–Kier alpha value is -2.83. The molecule has 0 radical (unpaired) electrons. The quantitative estimate of drug-likeness (QED) is 0.697. The molecule has 0 spiro atoms. The Kier molecular flexibility index (Phi) is 5.78. The average molecular weight is 368 g/mol. The molecular weight excluding hydrogens is 340 g/mol. The van der Waals surface area contributed by atoms with Crippen LogP contribution in [0.25, 0.3) is 10.9 Å². The first-order chi connectivity index (χ1) is 13.0. The van der Waals surface area contributed by atoms with Gasteiger partial charge in [-0.05, 0) is 39.3 Å². The van der Waals surface area contributed by atoms with Crippen LogP contribution in [-0.4, -0.2) is 44.1 Å². The van der Waals surface area contributed by atoms with Gasteiger partial charge in [-0.3, -0.25) is 9.36 Å². The third kappa shape index (κ3) is 4.30. The Morgan fingerprint density at radius 1 is 1.19 bits per heavy atom. The van der Waals surface area contributed by atoms with Crippen LogP contribution in [0.1, 0.15) is 30.4 Å². The van der Waals surface area contributed by atoms with E-state index in [2.05, 4.69) is 41.5 Å². The fourth-order valence-electron chi connectivity index (χ4n) is 3.32. The highest BCUT2D eigenvalue weighted by atomic mass is 16.2. The molecule has 3 rings (SSSR count). The average Bonchev–Trinajstić information content (AvgIpc) is 3.18. The van der Waals surface area contributed by atoms with E-state index in [9.17, 15) is 4.79 Å². The Morgan fingerprint density at radius 2 is 1.96 bits per heavy atom. The van der Waals surface area contributed by atoms with Crippen LogP contribution in [0.5, 0.6) is 0 Å². The highest BCUT2D eigenvalue weighted by molar-refractivity contribution is 5.82. The van der Waals surface area contributed by atoms with Crippen LogP contribution in [0.15, 0.2) is 30.3 Å². The molecule has 2 heterocycles. The second-order valence-corrected chi connectivity index (χ2v) is 6.86. The summed E-state index contributed by atoms with van der Waals surface area (Å²) in [6.07, 6.45) is 0.860. The van der Waals surface area contributed by atoms with E-state index in [0.717, 1.165) is 47.5 Å². The van der Waals surface area contributed by atoms with Crippen LogP contribution in [0, 0.1) is 13.8 Å². The summed E-state index contributed by atoms with van der Waals surface area (Å²) >= 11 is 0. The van der Waals surface area contributed by atoms with E-state index in [0.29, 0.717) is 13.1 Å². The van der Waals surface area contributed by atoms with Gasteiger partial charge in [0.25, 0.3) is 0 Å². The second-order valence-electron chi connectivity index (χ2n) is 6.86. The SMILES string of the molecule is CCn1nc(CNC(=O)N(C)CCCn2nc(C)cc2C)c2ccccc21. The molecular formula is C20H28N6O. The number of urea groups is 1. The minimum absolute atomic E-state index is 0.0847. The van der Waals surface area contributed by atoms with Gasteiger partial charge >= 0.3 is 6.03 Å². The van der Waals surface area contributed by atoms with E-state index in [1.54, 1.807) is 4.90 Å². The van der Waals surface area contributed by atoms with E-state index in [1.165, 1.54) is 0 Å². The largest absolute Gasteiger partial charge is 0.332 e. The van der Waals surface area contributed by atoms with Crippen molar-refractivity contribution in [2.45, 2.75) is 46.8 Å². The molecule has 144 valence electrons. The Morgan fingerprint density at radius 3 is 2.67 bits per heavy atom. The highest BCUT2D eigenvalue weighted by Crippen LogP contribution is 2.18. The lowest BCUT2D eigenvalue weighted by Gasteiger charge is -2.17. The molecule has 3 aromatic rings. The number of benzene rings is 1. The van der Waals surface area contributed by atoms with Crippen molar-refractivity contribution in [2.24, 2.45) is 0 Å². The number of rotatable bonds is 7. The monoisotopic (exact) mass is 368 g/mol. The number of nitrogens with one attached hydrogen (secondary N) is 1. The topological polar surface area (TPSA) is 68.0 Å². The van der Waals surface area contributed by atoms with Crippen molar-refractivity contribution in [3.63, 3.8) is 0 Å². The Balaban J connectivity index is 1.52. The van der Waals surface area contributed by atoms with Crippen molar-refractivity contribution in [1.82, 2.24) is 29.8 Å². The highest BCUT2D eigenvalue weighted by Gasteiger charge is 2.12. The molecule has 7 nitrogen and oxygen atoms in total. The van der Waals surface area contributed by atoms with Gasteiger partial charge in [0, 0.05) is 37.8 Å². The van der Waals surface area contributed by atoms with Gasteiger partial charge in [-0.2, -0.15) is 10.2 Å². The molecule has 2 amide bonds. The number of hydrogen-bond donors (Lipinski definition) is 1. The number of para-hydroxylation sites is 1. The van der Waals surface area contributed by atoms with E-state index in [1.807, 2.05) is 41.5 Å².